The lowest BCUT2D eigenvalue weighted by atomic mass is 9.91. The van der Waals surface area contributed by atoms with Crippen LogP contribution in [0.1, 0.15) is 18.4 Å². The van der Waals surface area contributed by atoms with Crippen molar-refractivity contribution in [3.63, 3.8) is 0 Å². The molecule has 2 rings (SSSR count). The van der Waals surface area contributed by atoms with Crippen LogP contribution in [0.2, 0.25) is 10.0 Å². The molecular weight excluding hydrogens is 245 g/mol. The van der Waals surface area contributed by atoms with E-state index in [4.69, 9.17) is 23.2 Å². The van der Waals surface area contributed by atoms with Crippen molar-refractivity contribution in [3.8, 4) is 0 Å². The Labute approximate surface area is 106 Å². The summed E-state index contributed by atoms with van der Waals surface area (Å²) < 4.78 is 0. The minimum absolute atomic E-state index is 0.623. The van der Waals surface area contributed by atoms with Gasteiger partial charge in [0, 0.05) is 23.1 Å². The number of nitrogens with zero attached hydrogens (tertiary/aromatic N) is 1. The van der Waals surface area contributed by atoms with Crippen molar-refractivity contribution in [2.24, 2.45) is 5.92 Å². The SMILES string of the molecule is ON1CCC(Cc2cc(Cl)cc(Cl)c2)CC1. The van der Waals surface area contributed by atoms with E-state index >= 15 is 0 Å². The van der Waals surface area contributed by atoms with E-state index in [-0.39, 0.29) is 0 Å². The van der Waals surface area contributed by atoms with Gasteiger partial charge in [0.25, 0.3) is 0 Å². The summed E-state index contributed by atoms with van der Waals surface area (Å²) in [6.45, 7) is 1.53. The van der Waals surface area contributed by atoms with E-state index in [1.54, 1.807) is 6.07 Å². The fourth-order valence-electron chi connectivity index (χ4n) is 2.19. The Kier molecular flexibility index (Phi) is 4.09. The van der Waals surface area contributed by atoms with Crippen LogP contribution in [-0.4, -0.2) is 23.4 Å². The fraction of sp³-hybridized carbons (Fsp3) is 0.500. The average molecular weight is 260 g/mol. The summed E-state index contributed by atoms with van der Waals surface area (Å²) in [6.07, 6.45) is 3.05. The maximum Gasteiger partial charge on any atom is 0.0423 e. The molecule has 0 radical (unpaired) electrons. The summed E-state index contributed by atoms with van der Waals surface area (Å²) in [5.74, 6) is 0.623. The predicted octanol–water partition coefficient (Wildman–Crippen LogP) is 3.64. The van der Waals surface area contributed by atoms with Gasteiger partial charge in [-0.15, -0.1) is 0 Å². The lowest BCUT2D eigenvalue weighted by Crippen LogP contribution is -2.31. The van der Waals surface area contributed by atoms with Crippen LogP contribution in [0.5, 0.6) is 0 Å². The van der Waals surface area contributed by atoms with Gasteiger partial charge in [-0.2, -0.15) is 5.06 Å². The third kappa shape index (κ3) is 3.36. The van der Waals surface area contributed by atoms with Gasteiger partial charge < -0.3 is 5.21 Å². The molecule has 0 spiro atoms. The number of hydrogen-bond acceptors (Lipinski definition) is 2. The van der Waals surface area contributed by atoms with Crippen molar-refractivity contribution in [2.75, 3.05) is 13.1 Å². The predicted molar refractivity (Wildman–Crippen MR) is 66.2 cm³/mol. The molecule has 1 aliphatic heterocycles. The van der Waals surface area contributed by atoms with E-state index in [9.17, 15) is 5.21 Å². The second-order valence-corrected chi connectivity index (χ2v) is 5.25. The lowest BCUT2D eigenvalue weighted by molar-refractivity contribution is -0.111. The number of hydrogen-bond donors (Lipinski definition) is 1. The monoisotopic (exact) mass is 259 g/mol. The molecule has 1 aromatic carbocycles. The van der Waals surface area contributed by atoms with Gasteiger partial charge in [-0.05, 0) is 48.9 Å². The van der Waals surface area contributed by atoms with Gasteiger partial charge in [-0.3, -0.25) is 0 Å². The first-order valence-corrected chi connectivity index (χ1v) is 6.28. The van der Waals surface area contributed by atoms with Crippen molar-refractivity contribution in [1.82, 2.24) is 5.06 Å². The molecule has 1 aromatic rings. The number of halogens is 2. The van der Waals surface area contributed by atoms with E-state index in [0.29, 0.717) is 16.0 Å². The Bertz CT molecular complexity index is 342. The van der Waals surface area contributed by atoms with Gasteiger partial charge >= 0.3 is 0 Å². The van der Waals surface area contributed by atoms with Gasteiger partial charge in [-0.1, -0.05) is 23.2 Å². The second-order valence-electron chi connectivity index (χ2n) is 4.38. The molecule has 2 nitrogen and oxygen atoms in total. The maximum absolute atomic E-state index is 9.27. The topological polar surface area (TPSA) is 23.5 Å². The van der Waals surface area contributed by atoms with Crippen LogP contribution in [-0.2, 0) is 6.42 Å². The van der Waals surface area contributed by atoms with Crippen LogP contribution >= 0.6 is 23.2 Å². The summed E-state index contributed by atoms with van der Waals surface area (Å²) in [5, 5.41) is 12.1. The van der Waals surface area contributed by atoms with Crippen molar-refractivity contribution in [3.05, 3.63) is 33.8 Å². The van der Waals surface area contributed by atoms with Gasteiger partial charge in [0.1, 0.15) is 0 Å². The van der Waals surface area contributed by atoms with Crippen LogP contribution in [0, 0.1) is 5.92 Å². The summed E-state index contributed by atoms with van der Waals surface area (Å²) >= 11 is 11.9. The molecule has 16 heavy (non-hydrogen) atoms. The van der Waals surface area contributed by atoms with Crippen LogP contribution in [0.4, 0.5) is 0 Å². The summed E-state index contributed by atoms with van der Waals surface area (Å²) in [5.41, 5.74) is 1.19. The molecule has 4 heteroatoms. The molecule has 0 unspecified atom stereocenters. The third-order valence-electron chi connectivity index (χ3n) is 3.04. The van der Waals surface area contributed by atoms with Crippen LogP contribution in [0.3, 0.4) is 0 Å². The third-order valence-corrected chi connectivity index (χ3v) is 3.47. The standard InChI is InChI=1S/C12H15Cl2NO/c13-11-6-10(7-12(14)8-11)5-9-1-3-15(16)4-2-9/h6-9,16H,1-5H2. The zero-order valence-electron chi connectivity index (χ0n) is 9.00. The average Bonchev–Trinajstić information content (AvgIpc) is 2.20. The quantitative estimate of drug-likeness (QED) is 0.877. The molecule has 1 fully saturated rings. The Morgan fingerprint density at radius 2 is 1.69 bits per heavy atom. The first-order chi connectivity index (χ1) is 7.63. The highest BCUT2D eigenvalue weighted by Crippen LogP contribution is 2.25. The highest BCUT2D eigenvalue weighted by atomic mass is 35.5. The van der Waals surface area contributed by atoms with Crippen LogP contribution < -0.4 is 0 Å². The van der Waals surface area contributed by atoms with E-state index in [2.05, 4.69) is 0 Å². The summed E-state index contributed by atoms with van der Waals surface area (Å²) in [6, 6.07) is 5.69. The van der Waals surface area contributed by atoms with Crippen molar-refractivity contribution in [1.29, 1.82) is 0 Å². The molecule has 0 saturated carbocycles. The van der Waals surface area contributed by atoms with Gasteiger partial charge in [0.2, 0.25) is 0 Å². The zero-order chi connectivity index (χ0) is 11.5. The number of hydroxylamine groups is 2. The highest BCUT2D eigenvalue weighted by Gasteiger charge is 2.18. The van der Waals surface area contributed by atoms with Gasteiger partial charge in [0.05, 0.1) is 0 Å². The molecule has 1 aliphatic rings. The molecule has 0 atom stereocenters. The molecule has 0 bridgehead atoms. The Morgan fingerprint density at radius 3 is 2.25 bits per heavy atom. The van der Waals surface area contributed by atoms with E-state index in [0.717, 1.165) is 32.4 Å². The van der Waals surface area contributed by atoms with Crippen molar-refractivity contribution >= 4 is 23.2 Å². The molecular formula is C12H15Cl2NO. The van der Waals surface area contributed by atoms with E-state index in [1.807, 2.05) is 12.1 Å². The molecule has 0 aliphatic carbocycles. The second kappa shape index (κ2) is 5.37. The summed E-state index contributed by atoms with van der Waals surface area (Å²) in [7, 11) is 0. The highest BCUT2D eigenvalue weighted by molar-refractivity contribution is 6.34. The maximum atomic E-state index is 9.27. The molecule has 0 amide bonds. The smallest absolute Gasteiger partial charge is 0.0423 e. The normalized spacial score (nSPS) is 18.9. The molecule has 1 saturated heterocycles. The van der Waals surface area contributed by atoms with Crippen molar-refractivity contribution in [2.45, 2.75) is 19.3 Å². The number of rotatable bonds is 2. The van der Waals surface area contributed by atoms with Crippen LogP contribution in [0.25, 0.3) is 0 Å². The largest absolute Gasteiger partial charge is 0.314 e. The molecule has 88 valence electrons. The van der Waals surface area contributed by atoms with Crippen molar-refractivity contribution < 1.29 is 5.21 Å². The fourth-order valence-corrected chi connectivity index (χ4v) is 2.76. The molecule has 1 N–H and O–H groups in total. The first kappa shape index (κ1) is 12.2. The van der Waals surface area contributed by atoms with E-state index in [1.165, 1.54) is 10.6 Å². The Balaban J connectivity index is 1.98. The van der Waals surface area contributed by atoms with Gasteiger partial charge in [0.15, 0.2) is 0 Å². The van der Waals surface area contributed by atoms with E-state index < -0.39 is 0 Å². The first-order valence-electron chi connectivity index (χ1n) is 5.52. The minimum atomic E-state index is 0.623. The Morgan fingerprint density at radius 1 is 1.12 bits per heavy atom. The number of benzene rings is 1. The number of piperidine rings is 1. The lowest BCUT2D eigenvalue weighted by Gasteiger charge is -2.27. The molecule has 1 heterocycles. The zero-order valence-corrected chi connectivity index (χ0v) is 10.5. The molecule has 0 aromatic heterocycles. The minimum Gasteiger partial charge on any atom is -0.314 e. The van der Waals surface area contributed by atoms with Crippen LogP contribution in [0.15, 0.2) is 18.2 Å². The Hall–Kier alpha value is -0.280. The van der Waals surface area contributed by atoms with Gasteiger partial charge in [-0.25, -0.2) is 0 Å². The summed E-state index contributed by atoms with van der Waals surface area (Å²) in [4.78, 5) is 0.